The van der Waals surface area contributed by atoms with E-state index < -0.39 is 0 Å². The molecule has 4 rings (SSSR count). The van der Waals surface area contributed by atoms with Crippen LogP contribution in [0.4, 0.5) is 5.95 Å². The number of fused-ring (bicyclic) bond motifs is 1. The number of hydrogen-bond donors (Lipinski definition) is 1. The molecule has 1 aliphatic heterocycles. The van der Waals surface area contributed by atoms with Crippen LogP contribution in [0.15, 0.2) is 34.6 Å². The van der Waals surface area contributed by atoms with Crippen LogP contribution in [0.1, 0.15) is 65.0 Å². The van der Waals surface area contributed by atoms with E-state index in [0.717, 1.165) is 47.0 Å². The molecule has 1 N–H and O–H groups in total. The first-order valence-corrected chi connectivity index (χ1v) is 12.3. The quantitative estimate of drug-likeness (QED) is 0.430. The number of benzene rings is 1. The van der Waals surface area contributed by atoms with Crippen molar-refractivity contribution in [2.75, 3.05) is 24.8 Å². The van der Waals surface area contributed by atoms with Gasteiger partial charge in [0.2, 0.25) is 11.1 Å². The molecule has 8 heteroatoms. The van der Waals surface area contributed by atoms with Gasteiger partial charge in [-0.1, -0.05) is 45.0 Å². The maximum Gasteiger partial charge on any atom is 0.227 e. The second-order valence-electron chi connectivity index (χ2n) is 9.07. The van der Waals surface area contributed by atoms with Gasteiger partial charge in [0.25, 0.3) is 0 Å². The third kappa shape index (κ3) is 4.37. The summed E-state index contributed by atoms with van der Waals surface area (Å²) in [7, 11) is 1.63. The number of rotatable bonds is 8. The Hall–Kier alpha value is -2.48. The van der Waals surface area contributed by atoms with E-state index in [4.69, 9.17) is 19.6 Å². The molecular weight excluding hydrogens is 424 g/mol. The Labute approximate surface area is 194 Å². The molecule has 0 spiro atoms. The number of ketones is 1. The predicted octanol–water partition coefficient (Wildman–Crippen LogP) is 5.24. The van der Waals surface area contributed by atoms with Gasteiger partial charge in [0.05, 0.1) is 13.7 Å². The molecule has 0 amide bonds. The van der Waals surface area contributed by atoms with Gasteiger partial charge in [0, 0.05) is 23.4 Å². The van der Waals surface area contributed by atoms with E-state index in [0.29, 0.717) is 30.5 Å². The van der Waals surface area contributed by atoms with Gasteiger partial charge in [-0.3, -0.25) is 4.79 Å². The van der Waals surface area contributed by atoms with Crippen LogP contribution in [-0.2, 0) is 4.79 Å². The summed E-state index contributed by atoms with van der Waals surface area (Å²) in [6, 6.07) is 5.51. The van der Waals surface area contributed by atoms with Crippen molar-refractivity contribution in [2.45, 2.75) is 64.6 Å². The highest BCUT2D eigenvalue weighted by atomic mass is 32.2. The maximum atomic E-state index is 13.4. The molecule has 2 heterocycles. The van der Waals surface area contributed by atoms with Crippen LogP contribution in [0.5, 0.6) is 11.5 Å². The number of allylic oxidation sites excluding steroid dienone is 2. The van der Waals surface area contributed by atoms with Gasteiger partial charge in [-0.05, 0) is 42.9 Å². The van der Waals surface area contributed by atoms with E-state index in [1.165, 1.54) is 0 Å². The van der Waals surface area contributed by atoms with Gasteiger partial charge in [-0.2, -0.15) is 4.98 Å². The standard InChI is InChI=1S/C24H32N4O3S/c1-6-8-11-32-23-26-22-25-16-13-24(3,4)14-17(29)20(16)21(28(22)27-23)15-9-10-18(31-7-2)19(12-15)30-5/h9-10,12,21H,6-8,11,13-14H2,1-5H3,(H,25,26,27)/t21-/m1/s1. The minimum Gasteiger partial charge on any atom is -0.493 e. The number of carbonyl (C=O) groups is 1. The first-order valence-electron chi connectivity index (χ1n) is 11.3. The Morgan fingerprint density at radius 2 is 2.06 bits per heavy atom. The number of ether oxygens (including phenoxy) is 2. The van der Waals surface area contributed by atoms with Gasteiger partial charge < -0.3 is 14.8 Å². The van der Waals surface area contributed by atoms with E-state index in [1.807, 2.05) is 29.8 Å². The average molecular weight is 457 g/mol. The van der Waals surface area contributed by atoms with Gasteiger partial charge in [-0.15, -0.1) is 5.10 Å². The lowest BCUT2D eigenvalue weighted by Gasteiger charge is -2.38. The lowest BCUT2D eigenvalue weighted by Crippen LogP contribution is -2.36. The van der Waals surface area contributed by atoms with Crippen LogP contribution in [-0.4, -0.2) is 40.0 Å². The Morgan fingerprint density at radius 3 is 2.78 bits per heavy atom. The molecule has 0 fully saturated rings. The summed E-state index contributed by atoms with van der Waals surface area (Å²) < 4.78 is 13.2. The minimum absolute atomic E-state index is 0.0924. The SMILES string of the molecule is CCCCSc1nc2n(n1)[C@H](c1ccc(OCC)c(OC)c1)C1=C(CC(C)(C)CC1=O)N2. The number of aromatic nitrogens is 3. The number of Topliss-reactive ketones (excluding diaryl/α,β-unsaturated/α-hetero) is 1. The Balaban J connectivity index is 1.80. The van der Waals surface area contributed by atoms with Gasteiger partial charge in [0.15, 0.2) is 17.3 Å². The fraction of sp³-hybridized carbons (Fsp3) is 0.542. The smallest absolute Gasteiger partial charge is 0.227 e. The van der Waals surface area contributed by atoms with Crippen LogP contribution < -0.4 is 14.8 Å². The van der Waals surface area contributed by atoms with E-state index in [1.54, 1.807) is 18.9 Å². The Kier molecular flexibility index (Phi) is 6.51. The Morgan fingerprint density at radius 1 is 1.25 bits per heavy atom. The molecule has 1 aromatic carbocycles. The van der Waals surface area contributed by atoms with Crippen molar-refractivity contribution >= 4 is 23.5 Å². The van der Waals surface area contributed by atoms with Gasteiger partial charge in [-0.25, -0.2) is 4.68 Å². The van der Waals surface area contributed by atoms with Crippen LogP contribution in [0.2, 0.25) is 0 Å². The van der Waals surface area contributed by atoms with Crippen molar-refractivity contribution in [1.82, 2.24) is 14.8 Å². The first kappa shape index (κ1) is 22.7. The van der Waals surface area contributed by atoms with Gasteiger partial charge >= 0.3 is 0 Å². The number of thioether (sulfide) groups is 1. The fourth-order valence-corrected chi connectivity index (χ4v) is 5.31. The zero-order valence-corrected chi connectivity index (χ0v) is 20.3. The highest BCUT2D eigenvalue weighted by Crippen LogP contribution is 2.46. The molecule has 0 unspecified atom stereocenters. The summed E-state index contributed by atoms with van der Waals surface area (Å²) in [4.78, 5) is 18.1. The topological polar surface area (TPSA) is 78.3 Å². The van der Waals surface area contributed by atoms with Gasteiger partial charge in [0.1, 0.15) is 6.04 Å². The lowest BCUT2D eigenvalue weighted by molar-refractivity contribution is -0.118. The molecule has 2 aliphatic rings. The third-order valence-corrected chi connectivity index (χ3v) is 6.77. The summed E-state index contributed by atoms with van der Waals surface area (Å²) in [5.74, 6) is 3.15. The number of methoxy groups -OCH3 is 1. The van der Waals surface area contributed by atoms with Crippen molar-refractivity contribution in [1.29, 1.82) is 0 Å². The van der Waals surface area contributed by atoms with E-state index >= 15 is 0 Å². The molecular formula is C24H32N4O3S. The summed E-state index contributed by atoms with van der Waals surface area (Å²) >= 11 is 1.66. The molecule has 0 bridgehead atoms. The largest absolute Gasteiger partial charge is 0.493 e. The molecule has 1 atom stereocenters. The molecule has 0 saturated heterocycles. The molecule has 1 aliphatic carbocycles. The average Bonchev–Trinajstić information content (AvgIpc) is 3.14. The molecule has 0 saturated carbocycles. The number of carbonyl (C=O) groups excluding carboxylic acids is 1. The first-order chi connectivity index (χ1) is 15.4. The maximum absolute atomic E-state index is 13.4. The Bertz CT molecular complexity index is 1040. The van der Waals surface area contributed by atoms with E-state index in [-0.39, 0.29) is 17.2 Å². The zero-order valence-electron chi connectivity index (χ0n) is 19.5. The van der Waals surface area contributed by atoms with Crippen molar-refractivity contribution in [3.63, 3.8) is 0 Å². The normalized spacial score (nSPS) is 19.3. The van der Waals surface area contributed by atoms with Crippen molar-refractivity contribution in [3.8, 4) is 11.5 Å². The molecule has 2 aromatic rings. The second-order valence-corrected chi connectivity index (χ2v) is 10.1. The molecule has 32 heavy (non-hydrogen) atoms. The third-order valence-electron chi connectivity index (χ3n) is 5.84. The van der Waals surface area contributed by atoms with Crippen molar-refractivity contribution in [3.05, 3.63) is 35.0 Å². The number of anilines is 1. The van der Waals surface area contributed by atoms with Crippen LogP contribution in [0, 0.1) is 5.41 Å². The summed E-state index contributed by atoms with van der Waals surface area (Å²) in [6.45, 7) is 8.94. The highest BCUT2D eigenvalue weighted by Gasteiger charge is 2.42. The summed E-state index contributed by atoms with van der Waals surface area (Å²) in [5.41, 5.74) is 2.57. The zero-order chi connectivity index (χ0) is 22.9. The van der Waals surface area contributed by atoms with Crippen LogP contribution in [0.3, 0.4) is 0 Å². The minimum atomic E-state index is -0.345. The summed E-state index contributed by atoms with van der Waals surface area (Å²) in [5, 5.41) is 8.97. The van der Waals surface area contributed by atoms with Crippen molar-refractivity contribution in [2.24, 2.45) is 5.41 Å². The number of unbranched alkanes of at least 4 members (excludes halogenated alkanes) is 1. The molecule has 7 nitrogen and oxygen atoms in total. The summed E-state index contributed by atoms with van der Waals surface area (Å²) in [6.07, 6.45) is 3.56. The van der Waals surface area contributed by atoms with Crippen molar-refractivity contribution < 1.29 is 14.3 Å². The highest BCUT2D eigenvalue weighted by molar-refractivity contribution is 7.99. The number of nitrogens with zero attached hydrogens (tertiary/aromatic N) is 3. The molecule has 172 valence electrons. The predicted molar refractivity (Wildman–Crippen MR) is 127 cm³/mol. The monoisotopic (exact) mass is 456 g/mol. The van der Waals surface area contributed by atoms with Crippen LogP contribution >= 0.6 is 11.8 Å². The molecule has 1 aromatic heterocycles. The number of hydrogen-bond acceptors (Lipinski definition) is 7. The van der Waals surface area contributed by atoms with E-state index in [9.17, 15) is 4.79 Å². The fourth-order valence-electron chi connectivity index (χ4n) is 4.40. The lowest BCUT2D eigenvalue weighted by atomic mass is 9.73. The second kappa shape index (κ2) is 9.17. The van der Waals surface area contributed by atoms with E-state index in [2.05, 4.69) is 26.1 Å². The number of nitrogens with one attached hydrogen (secondary N) is 1. The molecule has 0 radical (unpaired) electrons. The van der Waals surface area contributed by atoms with Crippen LogP contribution in [0.25, 0.3) is 0 Å².